The fourth-order valence-electron chi connectivity index (χ4n) is 1.60. The van der Waals surface area contributed by atoms with Crippen molar-refractivity contribution in [3.05, 3.63) is 32.4 Å². The fourth-order valence-corrected chi connectivity index (χ4v) is 1.60. The van der Waals surface area contributed by atoms with Gasteiger partial charge in [-0.2, -0.15) is 4.74 Å². The van der Waals surface area contributed by atoms with Gasteiger partial charge in [-0.1, -0.05) is 0 Å². The number of rotatable bonds is 0. The second-order valence-electron chi connectivity index (χ2n) is 3.47. The van der Waals surface area contributed by atoms with E-state index in [1.54, 1.807) is 0 Å². The Bertz CT molecular complexity index is 695. The topological polar surface area (TPSA) is 92.7 Å². The molecule has 0 fully saturated rings. The summed E-state index contributed by atoms with van der Waals surface area (Å²) in [5.41, 5.74) is -1.15. The number of benzene rings is 1. The SMILES string of the molecule is Cc1c(O)c(O)cc2c(=O)n(C)oc(=O)c12. The Labute approximate surface area is 88.9 Å². The molecular formula is C10H9NO5. The molecule has 0 radical (unpaired) electrons. The Balaban J connectivity index is 3.20. The highest BCUT2D eigenvalue weighted by Crippen LogP contribution is 2.32. The molecule has 0 saturated carbocycles. The van der Waals surface area contributed by atoms with Crippen LogP contribution in [0, 0.1) is 6.92 Å². The van der Waals surface area contributed by atoms with Gasteiger partial charge < -0.3 is 14.7 Å². The van der Waals surface area contributed by atoms with Crippen LogP contribution in [0.4, 0.5) is 0 Å². The summed E-state index contributed by atoms with van der Waals surface area (Å²) in [6.45, 7) is 1.42. The Morgan fingerprint density at radius 1 is 1.31 bits per heavy atom. The number of hydrogen-bond acceptors (Lipinski definition) is 5. The molecule has 2 aromatic rings. The second kappa shape index (κ2) is 3.13. The summed E-state index contributed by atoms with van der Waals surface area (Å²) in [6.07, 6.45) is 0. The van der Waals surface area contributed by atoms with Gasteiger partial charge in [0.05, 0.1) is 10.8 Å². The van der Waals surface area contributed by atoms with Crippen molar-refractivity contribution in [1.29, 1.82) is 0 Å². The third kappa shape index (κ3) is 1.19. The number of aromatic hydroxyl groups is 2. The molecular weight excluding hydrogens is 214 g/mol. The van der Waals surface area contributed by atoms with Gasteiger partial charge in [0.15, 0.2) is 11.5 Å². The molecule has 0 atom stereocenters. The van der Waals surface area contributed by atoms with Crippen LogP contribution in [0.1, 0.15) is 5.56 Å². The molecule has 84 valence electrons. The van der Waals surface area contributed by atoms with E-state index in [0.717, 1.165) is 10.8 Å². The molecule has 6 heteroatoms. The number of phenolic OH excluding ortho intramolecular Hbond substituents is 2. The van der Waals surface area contributed by atoms with Crippen LogP contribution in [-0.2, 0) is 7.05 Å². The van der Waals surface area contributed by atoms with E-state index in [1.165, 1.54) is 14.0 Å². The molecule has 2 N–H and O–H groups in total. The van der Waals surface area contributed by atoms with E-state index in [4.69, 9.17) is 0 Å². The van der Waals surface area contributed by atoms with Crippen molar-refractivity contribution < 1.29 is 14.7 Å². The molecule has 16 heavy (non-hydrogen) atoms. The lowest BCUT2D eigenvalue weighted by atomic mass is 10.1. The first-order valence-electron chi connectivity index (χ1n) is 4.49. The first-order chi connectivity index (χ1) is 7.43. The van der Waals surface area contributed by atoms with Crippen molar-refractivity contribution in [2.24, 2.45) is 7.05 Å². The van der Waals surface area contributed by atoms with Gasteiger partial charge >= 0.3 is 5.63 Å². The monoisotopic (exact) mass is 223 g/mol. The average molecular weight is 223 g/mol. The summed E-state index contributed by atoms with van der Waals surface area (Å²) in [7, 11) is 1.29. The van der Waals surface area contributed by atoms with E-state index >= 15 is 0 Å². The zero-order chi connectivity index (χ0) is 12.0. The van der Waals surface area contributed by atoms with Crippen molar-refractivity contribution in [2.75, 3.05) is 0 Å². The van der Waals surface area contributed by atoms with Crippen molar-refractivity contribution in [3.63, 3.8) is 0 Å². The van der Waals surface area contributed by atoms with Crippen LogP contribution in [0.15, 0.2) is 20.2 Å². The molecule has 1 aromatic heterocycles. The third-order valence-electron chi connectivity index (χ3n) is 2.46. The molecule has 0 amide bonds. The predicted octanol–water partition coefficient (Wildman–Crippen LogP) is 0.211. The Hall–Kier alpha value is -2.24. The molecule has 0 aliphatic carbocycles. The van der Waals surface area contributed by atoms with Crippen LogP contribution in [0.25, 0.3) is 10.8 Å². The molecule has 0 aliphatic heterocycles. The van der Waals surface area contributed by atoms with Gasteiger partial charge in [-0.3, -0.25) is 4.79 Å². The quantitative estimate of drug-likeness (QED) is 0.623. The minimum absolute atomic E-state index is 0.0154. The Morgan fingerprint density at radius 2 is 1.94 bits per heavy atom. The van der Waals surface area contributed by atoms with E-state index in [9.17, 15) is 19.8 Å². The third-order valence-corrected chi connectivity index (χ3v) is 2.46. The Morgan fingerprint density at radius 3 is 2.56 bits per heavy atom. The van der Waals surface area contributed by atoms with Crippen LogP contribution in [0.2, 0.25) is 0 Å². The van der Waals surface area contributed by atoms with Crippen molar-refractivity contribution in [1.82, 2.24) is 4.74 Å². The van der Waals surface area contributed by atoms with Crippen LogP contribution in [0.5, 0.6) is 11.5 Å². The lowest BCUT2D eigenvalue weighted by Gasteiger charge is -2.05. The smallest absolute Gasteiger partial charge is 0.364 e. The average Bonchev–Trinajstić information content (AvgIpc) is 2.22. The number of phenols is 2. The number of fused-ring (bicyclic) bond motifs is 1. The minimum Gasteiger partial charge on any atom is -0.504 e. The van der Waals surface area contributed by atoms with Gasteiger partial charge in [-0.15, -0.1) is 0 Å². The summed E-state index contributed by atoms with van der Waals surface area (Å²) in [5, 5.41) is 18.8. The highest BCUT2D eigenvalue weighted by Gasteiger charge is 2.15. The molecule has 0 bridgehead atoms. The van der Waals surface area contributed by atoms with E-state index in [1.807, 2.05) is 0 Å². The maximum Gasteiger partial charge on any atom is 0.364 e. The minimum atomic E-state index is -0.732. The van der Waals surface area contributed by atoms with Gasteiger partial charge in [0.2, 0.25) is 0 Å². The lowest BCUT2D eigenvalue weighted by molar-refractivity contribution is 0.261. The van der Waals surface area contributed by atoms with Crippen LogP contribution < -0.4 is 11.2 Å². The number of aryl methyl sites for hydroxylation is 2. The zero-order valence-corrected chi connectivity index (χ0v) is 8.64. The predicted molar refractivity (Wildman–Crippen MR) is 55.8 cm³/mol. The second-order valence-corrected chi connectivity index (χ2v) is 3.47. The number of nitrogens with zero attached hydrogens (tertiary/aromatic N) is 1. The molecule has 0 saturated heterocycles. The van der Waals surface area contributed by atoms with Gasteiger partial charge in [0.1, 0.15) is 0 Å². The van der Waals surface area contributed by atoms with Gasteiger partial charge in [-0.25, -0.2) is 4.79 Å². The van der Waals surface area contributed by atoms with Crippen molar-refractivity contribution in [2.45, 2.75) is 6.92 Å². The molecule has 2 rings (SSSR count). The summed E-state index contributed by atoms with van der Waals surface area (Å²) < 4.78 is 5.43. The molecule has 1 heterocycles. The van der Waals surface area contributed by atoms with Gasteiger partial charge in [0, 0.05) is 12.6 Å². The lowest BCUT2D eigenvalue weighted by Crippen LogP contribution is -2.22. The highest BCUT2D eigenvalue weighted by atomic mass is 16.5. The maximum absolute atomic E-state index is 11.6. The van der Waals surface area contributed by atoms with E-state index in [0.29, 0.717) is 0 Å². The van der Waals surface area contributed by atoms with E-state index in [-0.39, 0.29) is 16.3 Å². The normalized spacial score (nSPS) is 10.9. The first kappa shape index (κ1) is 10.3. The maximum atomic E-state index is 11.6. The summed E-state index contributed by atoms with van der Waals surface area (Å²) in [4.78, 5) is 23.2. The first-order valence-corrected chi connectivity index (χ1v) is 4.49. The summed E-state index contributed by atoms with van der Waals surface area (Å²) >= 11 is 0. The fraction of sp³-hybridized carbons (Fsp3) is 0.200. The van der Waals surface area contributed by atoms with Crippen LogP contribution in [0.3, 0.4) is 0 Å². The standard InChI is InChI=1S/C10H9NO5/c1-4-7-5(3-6(12)8(4)13)9(14)11(2)16-10(7)15/h3,12-13H,1-2H3. The van der Waals surface area contributed by atoms with Gasteiger partial charge in [-0.05, 0) is 13.0 Å². The van der Waals surface area contributed by atoms with Gasteiger partial charge in [0.25, 0.3) is 5.56 Å². The zero-order valence-electron chi connectivity index (χ0n) is 8.64. The molecule has 0 unspecified atom stereocenters. The van der Waals surface area contributed by atoms with Crippen LogP contribution >= 0.6 is 0 Å². The highest BCUT2D eigenvalue weighted by molar-refractivity contribution is 5.87. The number of aromatic nitrogens is 1. The largest absolute Gasteiger partial charge is 0.504 e. The molecule has 0 spiro atoms. The summed E-state index contributed by atoms with van der Waals surface area (Å²) in [6, 6.07) is 1.05. The van der Waals surface area contributed by atoms with E-state index in [2.05, 4.69) is 4.52 Å². The van der Waals surface area contributed by atoms with Crippen molar-refractivity contribution >= 4 is 10.8 Å². The summed E-state index contributed by atoms with van der Waals surface area (Å²) in [5.74, 6) is -0.860. The van der Waals surface area contributed by atoms with Crippen molar-refractivity contribution in [3.8, 4) is 11.5 Å². The molecule has 1 aromatic carbocycles. The molecule has 6 nitrogen and oxygen atoms in total. The van der Waals surface area contributed by atoms with Crippen LogP contribution in [-0.4, -0.2) is 15.0 Å². The number of hydrogen-bond donors (Lipinski definition) is 2. The molecule has 0 aliphatic rings. The van der Waals surface area contributed by atoms with E-state index < -0.39 is 22.7 Å². The Kier molecular flexibility index (Phi) is 2.01.